The molecule has 1 aromatic rings. The summed E-state index contributed by atoms with van der Waals surface area (Å²) in [4.78, 5) is 13.4. The van der Waals surface area contributed by atoms with Gasteiger partial charge in [0.1, 0.15) is 0 Å². The minimum absolute atomic E-state index is 0.103. The Labute approximate surface area is 96.0 Å². The minimum Gasteiger partial charge on any atom is -0.457 e. The number of β-amino-alcohol motifs (C(OH)–C–C–N with tert-alkyl or cyclic N) is 1. The number of furan rings is 1. The zero-order chi connectivity index (χ0) is 11.1. The number of carbonyl (C=O) groups excluding carboxylic acids is 1. The summed E-state index contributed by atoms with van der Waals surface area (Å²) in [6.45, 7) is 2.72. The summed E-state index contributed by atoms with van der Waals surface area (Å²) < 4.78 is 5.43. The maximum absolute atomic E-state index is 11.8. The van der Waals surface area contributed by atoms with Crippen molar-refractivity contribution >= 4 is 21.8 Å². The van der Waals surface area contributed by atoms with Crippen molar-refractivity contribution in [3.8, 4) is 0 Å². The molecule has 0 aromatic carbocycles. The monoisotopic (exact) mass is 273 g/mol. The minimum atomic E-state index is -0.689. The van der Waals surface area contributed by atoms with Crippen LogP contribution in [-0.4, -0.2) is 34.6 Å². The Morgan fingerprint density at radius 1 is 1.73 bits per heavy atom. The van der Waals surface area contributed by atoms with Crippen molar-refractivity contribution in [1.29, 1.82) is 0 Å². The molecule has 1 aliphatic heterocycles. The van der Waals surface area contributed by atoms with Crippen LogP contribution in [0.25, 0.3) is 0 Å². The molecule has 0 atom stereocenters. The van der Waals surface area contributed by atoms with Crippen LogP contribution >= 0.6 is 15.9 Å². The molecule has 1 saturated heterocycles. The van der Waals surface area contributed by atoms with Gasteiger partial charge in [-0.15, -0.1) is 0 Å². The highest BCUT2D eigenvalue weighted by Crippen LogP contribution is 2.28. The fourth-order valence-electron chi connectivity index (χ4n) is 1.65. The second kappa shape index (κ2) is 3.64. The first-order valence-electron chi connectivity index (χ1n) is 4.80. The Bertz CT molecular complexity index is 382. The van der Waals surface area contributed by atoms with Crippen LogP contribution in [0.1, 0.15) is 23.7 Å². The van der Waals surface area contributed by atoms with Gasteiger partial charge in [-0.05, 0) is 28.4 Å². The zero-order valence-corrected chi connectivity index (χ0v) is 9.95. The third-order valence-electron chi connectivity index (χ3n) is 2.76. The number of halogens is 1. The molecule has 0 aliphatic carbocycles. The average Bonchev–Trinajstić information content (AvgIpc) is 2.58. The highest BCUT2D eigenvalue weighted by molar-refractivity contribution is 9.10. The van der Waals surface area contributed by atoms with Crippen molar-refractivity contribution in [3.05, 3.63) is 22.6 Å². The molecule has 0 radical (unpaired) electrons. The Kier molecular flexibility index (Phi) is 2.60. The molecule has 1 amide bonds. The highest BCUT2D eigenvalue weighted by Gasteiger charge is 2.42. The fraction of sp³-hybridized carbons (Fsp3) is 0.500. The van der Waals surface area contributed by atoms with Gasteiger partial charge in [0, 0.05) is 0 Å². The topological polar surface area (TPSA) is 53.7 Å². The van der Waals surface area contributed by atoms with Crippen molar-refractivity contribution in [2.24, 2.45) is 0 Å². The maximum atomic E-state index is 11.8. The van der Waals surface area contributed by atoms with Gasteiger partial charge in [0.2, 0.25) is 0 Å². The van der Waals surface area contributed by atoms with Crippen molar-refractivity contribution in [3.63, 3.8) is 0 Å². The number of rotatable bonds is 2. The van der Waals surface area contributed by atoms with Crippen LogP contribution in [0.3, 0.4) is 0 Å². The van der Waals surface area contributed by atoms with Crippen molar-refractivity contribution in [2.75, 3.05) is 13.1 Å². The molecule has 4 nitrogen and oxygen atoms in total. The van der Waals surface area contributed by atoms with E-state index in [9.17, 15) is 9.90 Å². The third-order valence-corrected chi connectivity index (χ3v) is 3.38. The number of hydrogen-bond donors (Lipinski definition) is 1. The molecule has 15 heavy (non-hydrogen) atoms. The predicted molar refractivity (Wildman–Crippen MR) is 57.6 cm³/mol. The second-order valence-corrected chi connectivity index (χ2v) is 4.57. The lowest BCUT2D eigenvalue weighted by molar-refractivity contribution is -0.0827. The van der Waals surface area contributed by atoms with Gasteiger partial charge in [-0.3, -0.25) is 4.79 Å². The van der Waals surface area contributed by atoms with E-state index in [-0.39, 0.29) is 5.91 Å². The lowest BCUT2D eigenvalue weighted by atomic mass is 9.91. The van der Waals surface area contributed by atoms with Gasteiger partial charge in [-0.25, -0.2) is 0 Å². The van der Waals surface area contributed by atoms with Crippen molar-refractivity contribution < 1.29 is 14.3 Å². The van der Waals surface area contributed by atoms with Crippen molar-refractivity contribution in [1.82, 2.24) is 4.90 Å². The molecule has 2 rings (SSSR count). The zero-order valence-electron chi connectivity index (χ0n) is 8.36. The van der Waals surface area contributed by atoms with E-state index in [0.717, 1.165) is 0 Å². The molecule has 0 bridgehead atoms. The molecule has 1 fully saturated rings. The molecule has 1 N–H and O–H groups in total. The molecule has 0 saturated carbocycles. The van der Waals surface area contributed by atoms with Crippen LogP contribution in [0.2, 0.25) is 0 Å². The van der Waals surface area contributed by atoms with E-state index < -0.39 is 5.60 Å². The highest BCUT2D eigenvalue weighted by atomic mass is 79.9. The number of amides is 1. The van der Waals surface area contributed by atoms with E-state index >= 15 is 0 Å². The van der Waals surface area contributed by atoms with Crippen LogP contribution in [0.4, 0.5) is 0 Å². The molecule has 0 unspecified atom stereocenters. The van der Waals surface area contributed by atoms with Gasteiger partial charge in [-0.2, -0.15) is 0 Å². The largest absolute Gasteiger partial charge is 0.457 e. The maximum Gasteiger partial charge on any atom is 0.258 e. The molecular weight excluding hydrogens is 262 g/mol. The normalized spacial score (nSPS) is 18.7. The van der Waals surface area contributed by atoms with E-state index in [1.807, 2.05) is 6.92 Å². The molecule has 1 aromatic heterocycles. The lowest BCUT2D eigenvalue weighted by Crippen LogP contribution is -2.63. The van der Waals surface area contributed by atoms with E-state index in [4.69, 9.17) is 4.42 Å². The molecule has 82 valence electrons. The van der Waals surface area contributed by atoms with E-state index in [1.54, 1.807) is 11.0 Å². The van der Waals surface area contributed by atoms with Gasteiger partial charge < -0.3 is 14.4 Å². The average molecular weight is 274 g/mol. The Balaban J connectivity index is 2.04. The molecule has 0 spiro atoms. The lowest BCUT2D eigenvalue weighted by Gasteiger charge is -2.45. The summed E-state index contributed by atoms with van der Waals surface area (Å²) in [5.74, 6) is -0.103. The van der Waals surface area contributed by atoms with Gasteiger partial charge in [0.15, 0.2) is 4.67 Å². The summed E-state index contributed by atoms with van der Waals surface area (Å²) >= 11 is 3.16. The van der Waals surface area contributed by atoms with Crippen LogP contribution in [0, 0.1) is 0 Å². The number of carbonyl (C=O) groups is 1. The number of hydrogen-bond acceptors (Lipinski definition) is 3. The molecular formula is C10H12BrNO3. The summed E-state index contributed by atoms with van der Waals surface area (Å²) in [6, 6.07) is 1.62. The molecule has 5 heteroatoms. The van der Waals surface area contributed by atoms with Gasteiger partial charge in [0.05, 0.1) is 30.5 Å². The quantitative estimate of drug-likeness (QED) is 0.892. The molecule has 2 heterocycles. The first-order valence-corrected chi connectivity index (χ1v) is 5.60. The summed E-state index contributed by atoms with van der Waals surface area (Å²) in [5.41, 5.74) is -0.181. The van der Waals surface area contributed by atoms with E-state index in [2.05, 4.69) is 15.9 Å². The first-order chi connectivity index (χ1) is 7.06. The SMILES string of the molecule is CCC1(O)CN(C(=O)c2ccoc2Br)C1. The Hall–Kier alpha value is -0.810. The second-order valence-electron chi connectivity index (χ2n) is 3.85. The fourth-order valence-corrected chi connectivity index (χ4v) is 2.06. The van der Waals surface area contributed by atoms with Crippen LogP contribution < -0.4 is 0 Å². The Morgan fingerprint density at radius 2 is 2.40 bits per heavy atom. The number of nitrogens with zero attached hydrogens (tertiary/aromatic N) is 1. The van der Waals surface area contributed by atoms with Crippen LogP contribution in [-0.2, 0) is 0 Å². The summed E-state index contributed by atoms with van der Waals surface area (Å²) in [6.07, 6.45) is 2.13. The molecule has 1 aliphatic rings. The van der Waals surface area contributed by atoms with Gasteiger partial charge in [0.25, 0.3) is 5.91 Å². The number of aliphatic hydroxyl groups is 1. The smallest absolute Gasteiger partial charge is 0.258 e. The van der Waals surface area contributed by atoms with Crippen LogP contribution in [0.5, 0.6) is 0 Å². The van der Waals surface area contributed by atoms with Crippen molar-refractivity contribution in [2.45, 2.75) is 18.9 Å². The third kappa shape index (κ3) is 1.81. The first kappa shape index (κ1) is 10.7. The summed E-state index contributed by atoms with van der Waals surface area (Å²) in [7, 11) is 0. The Morgan fingerprint density at radius 3 is 2.87 bits per heavy atom. The van der Waals surface area contributed by atoms with Crippen LogP contribution in [0.15, 0.2) is 21.4 Å². The van der Waals surface area contributed by atoms with Gasteiger partial charge >= 0.3 is 0 Å². The van der Waals surface area contributed by atoms with Gasteiger partial charge in [-0.1, -0.05) is 6.92 Å². The van der Waals surface area contributed by atoms with E-state index in [0.29, 0.717) is 29.7 Å². The standard InChI is InChI=1S/C10H12BrNO3/c1-2-10(14)5-12(6-10)9(13)7-3-4-15-8(7)11/h3-4,14H,2,5-6H2,1H3. The predicted octanol–water partition coefficient (Wildman–Crippen LogP) is 1.64. The van der Waals surface area contributed by atoms with E-state index in [1.165, 1.54) is 6.26 Å². The number of likely N-dealkylation sites (tertiary alicyclic amines) is 1. The summed E-state index contributed by atoms with van der Waals surface area (Å²) in [5, 5.41) is 9.78.